The molecule has 1 aliphatic rings. The molecule has 0 aliphatic heterocycles. The van der Waals surface area contributed by atoms with Crippen molar-refractivity contribution in [1.29, 1.82) is 0 Å². The molecule has 7 rings (SSSR count). The molecule has 0 atom stereocenters. The van der Waals surface area contributed by atoms with Crippen LogP contribution in [0.4, 0.5) is 10.2 Å². The Morgan fingerprint density at radius 3 is 2.56 bits per heavy atom. The molecule has 1 amide bonds. The summed E-state index contributed by atoms with van der Waals surface area (Å²) >= 11 is 0. The van der Waals surface area contributed by atoms with Crippen LogP contribution in [0, 0.1) is 17.7 Å². The molecule has 202 valence electrons. The molecule has 0 spiro atoms. The van der Waals surface area contributed by atoms with Crippen LogP contribution in [0.3, 0.4) is 0 Å². The number of rotatable bonds is 4. The summed E-state index contributed by atoms with van der Waals surface area (Å²) in [6, 6.07) is 12.6. The first-order valence-corrected chi connectivity index (χ1v) is 13.3. The largest absolute Gasteiger partial charge is 0.383 e. The summed E-state index contributed by atoms with van der Waals surface area (Å²) in [5.74, 6) is 5.58. The topological polar surface area (TPSA) is 108 Å². The maximum atomic E-state index is 15.3. The van der Waals surface area contributed by atoms with Crippen molar-refractivity contribution >= 4 is 44.4 Å². The Morgan fingerprint density at radius 1 is 1.00 bits per heavy atom. The van der Waals surface area contributed by atoms with Gasteiger partial charge in [0.1, 0.15) is 11.6 Å². The molecule has 10 heteroatoms. The monoisotopic (exact) mass is 544 g/mol. The van der Waals surface area contributed by atoms with Gasteiger partial charge in [-0.3, -0.25) is 19.1 Å². The summed E-state index contributed by atoms with van der Waals surface area (Å²) in [6.07, 6.45) is 6.88. The van der Waals surface area contributed by atoms with Crippen LogP contribution in [-0.2, 0) is 20.6 Å². The lowest BCUT2D eigenvalue weighted by Crippen LogP contribution is -2.33. The molecule has 4 heterocycles. The van der Waals surface area contributed by atoms with Crippen molar-refractivity contribution in [3.63, 3.8) is 0 Å². The van der Waals surface area contributed by atoms with Crippen LogP contribution in [0.2, 0.25) is 0 Å². The first-order valence-electron chi connectivity index (χ1n) is 13.3. The molecule has 9 nitrogen and oxygen atoms in total. The molecule has 2 aromatic carbocycles. The fraction of sp³-hybridized carbons (Fsp3) is 0.194. The van der Waals surface area contributed by atoms with E-state index in [0.717, 1.165) is 34.9 Å². The van der Waals surface area contributed by atoms with Gasteiger partial charge in [0.15, 0.2) is 0 Å². The third-order valence-corrected chi connectivity index (χ3v) is 7.53. The SMILES string of the molecule is Cn1ncc2cc(C#Cc3ccc(CN(C(=O)c4cc5c(cc4F)nc(N)c4cnn(C)c45)C4CC4)nc3)ccc21. The Labute approximate surface area is 234 Å². The number of benzene rings is 2. The van der Waals surface area contributed by atoms with Crippen LogP contribution in [-0.4, -0.2) is 46.4 Å². The number of hydrogen-bond acceptors (Lipinski definition) is 6. The molecule has 1 fully saturated rings. The summed E-state index contributed by atoms with van der Waals surface area (Å²) < 4.78 is 18.8. The maximum absolute atomic E-state index is 15.3. The molecule has 1 saturated carbocycles. The van der Waals surface area contributed by atoms with Crippen LogP contribution in [0.1, 0.15) is 40.0 Å². The number of nitrogen functional groups attached to an aromatic ring is 1. The van der Waals surface area contributed by atoms with Gasteiger partial charge in [-0.1, -0.05) is 11.8 Å². The van der Waals surface area contributed by atoms with E-state index in [9.17, 15) is 4.79 Å². The molecule has 6 aromatic rings. The zero-order valence-electron chi connectivity index (χ0n) is 22.5. The number of amides is 1. The van der Waals surface area contributed by atoms with Gasteiger partial charge in [-0.25, -0.2) is 9.37 Å². The number of aryl methyl sites for hydroxylation is 2. The van der Waals surface area contributed by atoms with Gasteiger partial charge >= 0.3 is 0 Å². The van der Waals surface area contributed by atoms with Crippen LogP contribution >= 0.6 is 0 Å². The predicted octanol–water partition coefficient (Wildman–Crippen LogP) is 4.33. The lowest BCUT2D eigenvalue weighted by Gasteiger charge is -2.23. The van der Waals surface area contributed by atoms with Crippen molar-refractivity contribution in [1.82, 2.24) is 34.4 Å². The lowest BCUT2D eigenvalue weighted by molar-refractivity contribution is 0.0723. The highest BCUT2D eigenvalue weighted by Crippen LogP contribution is 2.33. The highest BCUT2D eigenvalue weighted by atomic mass is 19.1. The third kappa shape index (κ3) is 4.41. The Hall–Kier alpha value is -5.30. The van der Waals surface area contributed by atoms with E-state index in [1.54, 1.807) is 35.1 Å². The number of aromatic nitrogens is 6. The van der Waals surface area contributed by atoms with Crippen molar-refractivity contribution in [2.45, 2.75) is 25.4 Å². The van der Waals surface area contributed by atoms with Gasteiger partial charge in [0.05, 0.1) is 52.1 Å². The van der Waals surface area contributed by atoms with Gasteiger partial charge in [0.2, 0.25) is 0 Å². The molecule has 2 N–H and O–H groups in total. The lowest BCUT2D eigenvalue weighted by atomic mass is 10.1. The summed E-state index contributed by atoms with van der Waals surface area (Å²) in [7, 11) is 3.69. The number of halogens is 1. The number of pyridine rings is 2. The second-order valence-corrected chi connectivity index (χ2v) is 10.4. The number of nitrogens with zero attached hydrogens (tertiary/aromatic N) is 7. The number of hydrogen-bond donors (Lipinski definition) is 1. The van der Waals surface area contributed by atoms with Gasteiger partial charge in [-0.15, -0.1) is 0 Å². The second kappa shape index (κ2) is 9.41. The van der Waals surface area contributed by atoms with E-state index >= 15 is 4.39 Å². The molecule has 0 radical (unpaired) electrons. The van der Waals surface area contributed by atoms with E-state index < -0.39 is 5.82 Å². The van der Waals surface area contributed by atoms with Gasteiger partial charge < -0.3 is 10.6 Å². The third-order valence-electron chi connectivity index (χ3n) is 7.53. The molecule has 1 aliphatic carbocycles. The summed E-state index contributed by atoms with van der Waals surface area (Å²) in [5.41, 5.74) is 10.5. The van der Waals surface area contributed by atoms with Crippen LogP contribution in [0.5, 0.6) is 0 Å². The number of carbonyl (C=O) groups excluding carboxylic acids is 1. The molecule has 0 bridgehead atoms. The minimum absolute atomic E-state index is 0.00783. The number of fused-ring (bicyclic) bond motifs is 4. The van der Waals surface area contributed by atoms with E-state index in [1.807, 2.05) is 48.3 Å². The first kappa shape index (κ1) is 24.7. The molecular weight excluding hydrogens is 519 g/mol. The van der Waals surface area contributed by atoms with Gasteiger partial charge in [0.25, 0.3) is 5.91 Å². The normalized spacial score (nSPS) is 13.0. The van der Waals surface area contributed by atoms with Gasteiger partial charge in [0, 0.05) is 54.3 Å². The van der Waals surface area contributed by atoms with Crippen molar-refractivity contribution in [3.8, 4) is 11.8 Å². The van der Waals surface area contributed by atoms with Gasteiger partial charge in [-0.2, -0.15) is 10.2 Å². The molecule has 4 aromatic heterocycles. The molecule has 0 unspecified atom stereocenters. The highest BCUT2D eigenvalue weighted by Gasteiger charge is 2.34. The van der Waals surface area contributed by atoms with E-state index in [0.29, 0.717) is 27.5 Å². The second-order valence-electron chi connectivity index (χ2n) is 10.4. The van der Waals surface area contributed by atoms with Crippen molar-refractivity contribution in [3.05, 3.63) is 89.3 Å². The maximum Gasteiger partial charge on any atom is 0.257 e. The Bertz CT molecular complexity index is 2060. The van der Waals surface area contributed by atoms with Crippen LogP contribution in [0.25, 0.3) is 32.7 Å². The van der Waals surface area contributed by atoms with Gasteiger partial charge in [-0.05, 0) is 49.2 Å². The number of carbonyl (C=O) groups is 1. The zero-order valence-corrected chi connectivity index (χ0v) is 22.5. The van der Waals surface area contributed by atoms with Crippen LogP contribution in [0.15, 0.2) is 61.1 Å². The van der Waals surface area contributed by atoms with E-state index in [4.69, 9.17) is 5.73 Å². The Kier molecular flexibility index (Phi) is 5.68. The number of nitrogens with two attached hydrogens (primary N) is 1. The van der Waals surface area contributed by atoms with E-state index in [-0.39, 0.29) is 29.9 Å². The number of anilines is 1. The molecular formula is C31H25FN8O. The first-order chi connectivity index (χ1) is 19.9. The zero-order chi connectivity index (χ0) is 28.2. The standard InChI is InChI=1S/C31H25FN8O/c1-38-28-10-6-18(11-20(28)15-35-38)3-4-19-5-7-21(34-14-19)17-40(22-8-9-22)31(41)23-12-24-27(13-26(23)32)37-30(33)25-16-36-39(2)29(24)25/h5-7,10-16,22H,8-9,17H2,1-2H3,(H2,33,37). The van der Waals surface area contributed by atoms with Crippen molar-refractivity contribution < 1.29 is 9.18 Å². The minimum Gasteiger partial charge on any atom is -0.383 e. The fourth-order valence-corrected chi connectivity index (χ4v) is 5.20. The minimum atomic E-state index is -0.635. The Balaban J connectivity index is 1.15. The van der Waals surface area contributed by atoms with Crippen LogP contribution < -0.4 is 5.73 Å². The molecule has 41 heavy (non-hydrogen) atoms. The van der Waals surface area contributed by atoms with Crippen molar-refractivity contribution in [2.24, 2.45) is 14.1 Å². The molecule has 0 saturated heterocycles. The van der Waals surface area contributed by atoms with E-state index in [1.165, 1.54) is 6.07 Å². The summed E-state index contributed by atoms with van der Waals surface area (Å²) in [5, 5.41) is 10.9. The van der Waals surface area contributed by atoms with E-state index in [2.05, 4.69) is 32.0 Å². The average molecular weight is 545 g/mol. The average Bonchev–Trinajstić information content (AvgIpc) is 3.64. The highest BCUT2D eigenvalue weighted by molar-refractivity contribution is 6.10. The summed E-state index contributed by atoms with van der Waals surface area (Å²) in [4.78, 5) is 24.3. The van der Waals surface area contributed by atoms with Crippen molar-refractivity contribution in [2.75, 3.05) is 5.73 Å². The quantitative estimate of drug-likeness (QED) is 0.331. The Morgan fingerprint density at radius 2 is 1.78 bits per heavy atom. The smallest absolute Gasteiger partial charge is 0.257 e. The fourth-order valence-electron chi connectivity index (χ4n) is 5.20. The predicted molar refractivity (Wildman–Crippen MR) is 154 cm³/mol. The summed E-state index contributed by atoms with van der Waals surface area (Å²) in [6.45, 7) is 0.271.